The van der Waals surface area contributed by atoms with Crippen LogP contribution in [0.15, 0.2) is 54.9 Å². The third-order valence-electron chi connectivity index (χ3n) is 3.94. The Morgan fingerprint density at radius 2 is 1.68 bits per heavy atom. The SMILES string of the molecule is O=C(Nc1ccc(F)c(F)c1F)c1cncc(NCCc2ccc(F)cc2)c1. The molecule has 3 aromatic rings. The smallest absolute Gasteiger partial charge is 0.257 e. The zero-order chi connectivity index (χ0) is 20.1. The van der Waals surface area contributed by atoms with E-state index < -0.39 is 29.0 Å². The molecule has 0 aliphatic carbocycles. The predicted molar refractivity (Wildman–Crippen MR) is 97.1 cm³/mol. The summed E-state index contributed by atoms with van der Waals surface area (Å²) in [5, 5.41) is 5.26. The summed E-state index contributed by atoms with van der Waals surface area (Å²) in [7, 11) is 0. The minimum absolute atomic E-state index is 0.107. The number of carbonyl (C=O) groups is 1. The highest BCUT2D eigenvalue weighted by atomic mass is 19.2. The lowest BCUT2D eigenvalue weighted by molar-refractivity contribution is 0.102. The fourth-order valence-corrected chi connectivity index (χ4v) is 2.48. The summed E-state index contributed by atoms with van der Waals surface area (Å²) in [4.78, 5) is 16.2. The number of halogens is 4. The van der Waals surface area contributed by atoms with Crippen LogP contribution in [0.2, 0.25) is 0 Å². The van der Waals surface area contributed by atoms with Crippen LogP contribution in [0.5, 0.6) is 0 Å². The largest absolute Gasteiger partial charge is 0.383 e. The molecule has 0 bridgehead atoms. The summed E-state index contributed by atoms with van der Waals surface area (Å²) >= 11 is 0. The Labute approximate surface area is 158 Å². The Balaban J connectivity index is 1.63. The van der Waals surface area contributed by atoms with Gasteiger partial charge in [-0.3, -0.25) is 9.78 Å². The van der Waals surface area contributed by atoms with Gasteiger partial charge in [0.2, 0.25) is 0 Å². The minimum Gasteiger partial charge on any atom is -0.383 e. The lowest BCUT2D eigenvalue weighted by Crippen LogP contribution is -2.15. The van der Waals surface area contributed by atoms with Gasteiger partial charge in [0.05, 0.1) is 16.9 Å². The molecule has 3 rings (SSSR count). The number of nitrogens with zero attached hydrogens (tertiary/aromatic N) is 1. The number of aromatic nitrogens is 1. The van der Waals surface area contributed by atoms with Gasteiger partial charge in [0.15, 0.2) is 17.5 Å². The molecule has 1 heterocycles. The molecular formula is C20H15F4N3O. The van der Waals surface area contributed by atoms with E-state index in [1.54, 1.807) is 12.1 Å². The molecule has 144 valence electrons. The van der Waals surface area contributed by atoms with E-state index in [9.17, 15) is 22.4 Å². The first-order valence-corrected chi connectivity index (χ1v) is 8.32. The van der Waals surface area contributed by atoms with Gasteiger partial charge in [0, 0.05) is 18.9 Å². The first-order valence-electron chi connectivity index (χ1n) is 8.32. The lowest BCUT2D eigenvalue weighted by atomic mass is 10.1. The standard InChI is InChI=1S/C20H15F4N3O/c21-14-3-1-12(2-4-14)7-8-26-15-9-13(10-25-11-15)20(28)27-17-6-5-16(22)18(23)19(17)24/h1-6,9-11,26H,7-8H2,(H,27,28). The molecule has 2 aromatic carbocycles. The molecule has 1 aromatic heterocycles. The Morgan fingerprint density at radius 3 is 2.43 bits per heavy atom. The molecule has 0 saturated carbocycles. The van der Waals surface area contributed by atoms with Crippen LogP contribution in [0, 0.1) is 23.3 Å². The summed E-state index contributed by atoms with van der Waals surface area (Å²) in [5.74, 6) is -5.51. The third kappa shape index (κ3) is 4.64. The molecule has 0 fully saturated rings. The summed E-state index contributed by atoms with van der Waals surface area (Å²) in [6, 6.07) is 9.25. The van der Waals surface area contributed by atoms with Crippen molar-refractivity contribution in [3.63, 3.8) is 0 Å². The maximum absolute atomic E-state index is 13.7. The fraction of sp³-hybridized carbons (Fsp3) is 0.100. The van der Waals surface area contributed by atoms with E-state index in [4.69, 9.17) is 0 Å². The van der Waals surface area contributed by atoms with Crippen LogP contribution in [-0.2, 0) is 6.42 Å². The molecule has 1 amide bonds. The van der Waals surface area contributed by atoms with Gasteiger partial charge in [-0.2, -0.15) is 0 Å². The molecule has 8 heteroatoms. The first kappa shape index (κ1) is 19.3. The monoisotopic (exact) mass is 389 g/mol. The van der Waals surface area contributed by atoms with E-state index in [-0.39, 0.29) is 11.4 Å². The summed E-state index contributed by atoms with van der Waals surface area (Å²) in [6.45, 7) is 0.510. The van der Waals surface area contributed by atoms with Crippen molar-refractivity contribution in [2.45, 2.75) is 6.42 Å². The second kappa shape index (κ2) is 8.51. The number of nitrogens with one attached hydrogen (secondary N) is 2. The summed E-state index contributed by atoms with van der Waals surface area (Å²) < 4.78 is 52.8. The summed E-state index contributed by atoms with van der Waals surface area (Å²) in [6.07, 6.45) is 3.38. The maximum atomic E-state index is 13.7. The van der Waals surface area contributed by atoms with Gasteiger partial charge in [-0.1, -0.05) is 12.1 Å². The minimum atomic E-state index is -1.66. The molecule has 0 aliphatic rings. The average Bonchev–Trinajstić information content (AvgIpc) is 2.70. The topological polar surface area (TPSA) is 54.0 Å². The van der Waals surface area contributed by atoms with Gasteiger partial charge in [0.25, 0.3) is 5.91 Å². The molecule has 0 radical (unpaired) electrons. The number of rotatable bonds is 6. The number of carbonyl (C=O) groups excluding carboxylic acids is 1. The normalized spacial score (nSPS) is 10.6. The third-order valence-corrected chi connectivity index (χ3v) is 3.94. The van der Waals surface area contributed by atoms with Crippen molar-refractivity contribution in [2.75, 3.05) is 17.2 Å². The van der Waals surface area contributed by atoms with Crippen molar-refractivity contribution in [1.82, 2.24) is 4.98 Å². The molecule has 0 saturated heterocycles. The van der Waals surface area contributed by atoms with Gasteiger partial charge in [-0.25, -0.2) is 17.6 Å². The Hall–Kier alpha value is -3.42. The van der Waals surface area contributed by atoms with Gasteiger partial charge in [-0.15, -0.1) is 0 Å². The van der Waals surface area contributed by atoms with Crippen LogP contribution in [0.4, 0.5) is 28.9 Å². The zero-order valence-electron chi connectivity index (χ0n) is 14.5. The van der Waals surface area contributed by atoms with Crippen LogP contribution >= 0.6 is 0 Å². The predicted octanol–water partition coefficient (Wildman–Crippen LogP) is 4.54. The van der Waals surface area contributed by atoms with Crippen molar-refractivity contribution in [2.24, 2.45) is 0 Å². The molecule has 0 aliphatic heterocycles. The van der Waals surface area contributed by atoms with Crippen molar-refractivity contribution in [3.05, 3.63) is 89.3 Å². The number of benzene rings is 2. The van der Waals surface area contributed by atoms with E-state index in [0.29, 0.717) is 18.7 Å². The van der Waals surface area contributed by atoms with Gasteiger partial charge in [-0.05, 0) is 42.3 Å². The number of hydrogen-bond donors (Lipinski definition) is 2. The Morgan fingerprint density at radius 1 is 0.929 bits per heavy atom. The average molecular weight is 389 g/mol. The zero-order valence-corrected chi connectivity index (χ0v) is 14.5. The number of pyridine rings is 1. The first-order chi connectivity index (χ1) is 13.4. The van der Waals surface area contributed by atoms with Crippen molar-refractivity contribution < 1.29 is 22.4 Å². The van der Waals surface area contributed by atoms with Crippen molar-refractivity contribution >= 4 is 17.3 Å². The van der Waals surface area contributed by atoms with Crippen LogP contribution in [-0.4, -0.2) is 17.4 Å². The van der Waals surface area contributed by atoms with E-state index in [0.717, 1.165) is 17.7 Å². The molecule has 28 heavy (non-hydrogen) atoms. The second-order valence-corrected chi connectivity index (χ2v) is 5.94. The van der Waals surface area contributed by atoms with Crippen molar-refractivity contribution in [1.29, 1.82) is 0 Å². The number of amides is 1. The van der Waals surface area contributed by atoms with Crippen LogP contribution in [0.3, 0.4) is 0 Å². The lowest BCUT2D eigenvalue weighted by Gasteiger charge is -2.10. The van der Waals surface area contributed by atoms with Crippen LogP contribution in [0.1, 0.15) is 15.9 Å². The highest BCUT2D eigenvalue weighted by Crippen LogP contribution is 2.20. The maximum Gasteiger partial charge on any atom is 0.257 e. The van der Waals surface area contributed by atoms with Gasteiger partial charge in [0.1, 0.15) is 5.82 Å². The quantitative estimate of drug-likeness (QED) is 0.481. The highest BCUT2D eigenvalue weighted by molar-refractivity contribution is 6.04. The molecule has 0 unspecified atom stereocenters. The van der Waals surface area contributed by atoms with Gasteiger partial charge < -0.3 is 10.6 Å². The van der Waals surface area contributed by atoms with Gasteiger partial charge >= 0.3 is 0 Å². The second-order valence-electron chi connectivity index (χ2n) is 5.94. The summed E-state index contributed by atoms with van der Waals surface area (Å²) in [5.41, 5.74) is 1.11. The molecule has 0 spiro atoms. The molecule has 2 N–H and O–H groups in total. The van der Waals surface area contributed by atoms with E-state index in [1.165, 1.54) is 30.6 Å². The van der Waals surface area contributed by atoms with Crippen LogP contribution < -0.4 is 10.6 Å². The fourth-order valence-electron chi connectivity index (χ4n) is 2.48. The Bertz CT molecular complexity index is 993. The van der Waals surface area contributed by atoms with E-state index >= 15 is 0 Å². The van der Waals surface area contributed by atoms with Crippen LogP contribution in [0.25, 0.3) is 0 Å². The van der Waals surface area contributed by atoms with E-state index in [1.807, 2.05) is 0 Å². The number of hydrogen-bond acceptors (Lipinski definition) is 3. The molecule has 4 nitrogen and oxygen atoms in total. The van der Waals surface area contributed by atoms with Crippen molar-refractivity contribution in [3.8, 4) is 0 Å². The highest BCUT2D eigenvalue weighted by Gasteiger charge is 2.16. The molecule has 0 atom stereocenters. The molecular weight excluding hydrogens is 374 g/mol. The number of anilines is 2. The van der Waals surface area contributed by atoms with E-state index in [2.05, 4.69) is 15.6 Å². The Kier molecular flexibility index (Phi) is 5.88.